The Labute approximate surface area is 135 Å². The first kappa shape index (κ1) is 15.5. The Morgan fingerprint density at radius 1 is 1.22 bits per heavy atom. The summed E-state index contributed by atoms with van der Waals surface area (Å²) in [4.78, 5) is 23.3. The molecule has 0 radical (unpaired) electrons. The first-order chi connectivity index (χ1) is 11.0. The van der Waals surface area contributed by atoms with Gasteiger partial charge in [0.2, 0.25) is 0 Å². The Bertz CT molecular complexity index is 702. The maximum absolute atomic E-state index is 12.3. The van der Waals surface area contributed by atoms with Crippen molar-refractivity contribution in [1.29, 1.82) is 0 Å². The molecule has 1 aliphatic rings. The molecule has 0 aliphatic carbocycles. The van der Waals surface area contributed by atoms with Crippen LogP contribution in [-0.4, -0.2) is 44.8 Å². The number of anilines is 1. The monoisotopic (exact) mass is 314 g/mol. The molecule has 23 heavy (non-hydrogen) atoms. The molecule has 3 rings (SSSR count). The molecule has 0 spiro atoms. The number of hydrogen-bond acceptors (Lipinski definition) is 5. The van der Waals surface area contributed by atoms with Crippen molar-refractivity contribution in [2.45, 2.75) is 32.7 Å². The van der Waals surface area contributed by atoms with Gasteiger partial charge in [-0.05, 0) is 32.8 Å². The number of rotatable bonds is 3. The van der Waals surface area contributed by atoms with Gasteiger partial charge in [-0.25, -0.2) is 4.98 Å². The third-order valence-corrected chi connectivity index (χ3v) is 4.13. The largest absolute Gasteiger partial charge is 0.355 e. The van der Waals surface area contributed by atoms with Crippen LogP contribution in [0.2, 0.25) is 0 Å². The number of carbonyl (C=O) groups is 1. The number of aromatic nitrogens is 4. The lowest BCUT2D eigenvalue weighted by Gasteiger charge is -2.33. The van der Waals surface area contributed by atoms with Crippen LogP contribution in [0.1, 0.15) is 34.7 Å². The van der Waals surface area contributed by atoms with Crippen molar-refractivity contribution in [3.63, 3.8) is 0 Å². The third-order valence-electron chi connectivity index (χ3n) is 4.13. The van der Waals surface area contributed by atoms with E-state index in [1.807, 2.05) is 19.9 Å². The fourth-order valence-electron chi connectivity index (χ4n) is 2.94. The molecule has 122 valence electrons. The number of aryl methyl sites for hydroxylation is 3. The van der Waals surface area contributed by atoms with Gasteiger partial charge in [-0.15, -0.1) is 0 Å². The second-order valence-electron chi connectivity index (χ2n) is 6.05. The highest BCUT2D eigenvalue weighted by molar-refractivity contribution is 5.92. The molecule has 1 saturated heterocycles. The summed E-state index contributed by atoms with van der Waals surface area (Å²) in [7, 11) is 1.79. The van der Waals surface area contributed by atoms with Crippen molar-refractivity contribution >= 4 is 11.7 Å². The minimum absolute atomic E-state index is 0.0538. The second-order valence-corrected chi connectivity index (χ2v) is 6.05. The Morgan fingerprint density at radius 2 is 1.96 bits per heavy atom. The number of piperidine rings is 1. The quantitative estimate of drug-likeness (QED) is 0.922. The van der Waals surface area contributed by atoms with Gasteiger partial charge in [0.1, 0.15) is 11.5 Å². The van der Waals surface area contributed by atoms with E-state index in [2.05, 4.69) is 25.3 Å². The van der Waals surface area contributed by atoms with Gasteiger partial charge in [-0.1, -0.05) is 0 Å². The molecule has 0 unspecified atom stereocenters. The van der Waals surface area contributed by atoms with Crippen LogP contribution >= 0.6 is 0 Å². The molecule has 3 heterocycles. The molecule has 0 bridgehead atoms. The van der Waals surface area contributed by atoms with E-state index in [1.165, 1.54) is 0 Å². The Morgan fingerprint density at radius 3 is 2.57 bits per heavy atom. The highest BCUT2D eigenvalue weighted by Gasteiger charge is 2.23. The van der Waals surface area contributed by atoms with Crippen LogP contribution in [0.25, 0.3) is 0 Å². The predicted molar refractivity (Wildman–Crippen MR) is 87.4 cm³/mol. The number of carbonyl (C=O) groups excluding carboxylic acids is 1. The summed E-state index contributed by atoms with van der Waals surface area (Å²) in [5.74, 6) is 0.860. The summed E-state index contributed by atoms with van der Waals surface area (Å²) in [6, 6.07) is 2.00. The smallest absolute Gasteiger partial charge is 0.269 e. The van der Waals surface area contributed by atoms with Crippen LogP contribution in [0.5, 0.6) is 0 Å². The standard InChI is InChI=1S/C16H22N6O/c1-11-8-14(21(3)20-11)16(23)19-13-4-6-22(7-5-13)15-10-17-9-12(2)18-15/h8-10,13H,4-7H2,1-3H3,(H,19,23). The summed E-state index contributed by atoms with van der Waals surface area (Å²) < 4.78 is 1.63. The fourth-order valence-corrected chi connectivity index (χ4v) is 2.94. The molecule has 7 heteroatoms. The normalized spacial score (nSPS) is 15.7. The zero-order valence-electron chi connectivity index (χ0n) is 13.8. The zero-order valence-corrected chi connectivity index (χ0v) is 13.8. The average Bonchev–Trinajstić information content (AvgIpc) is 2.87. The van der Waals surface area contributed by atoms with Crippen LogP contribution < -0.4 is 10.2 Å². The van der Waals surface area contributed by atoms with Crippen molar-refractivity contribution in [3.8, 4) is 0 Å². The van der Waals surface area contributed by atoms with Gasteiger partial charge < -0.3 is 10.2 Å². The summed E-state index contributed by atoms with van der Waals surface area (Å²) in [6.45, 7) is 5.57. The van der Waals surface area contributed by atoms with Gasteiger partial charge in [-0.3, -0.25) is 14.5 Å². The van der Waals surface area contributed by atoms with E-state index >= 15 is 0 Å². The SMILES string of the molecule is Cc1cncc(N2CCC(NC(=O)c3cc(C)nn3C)CC2)n1. The molecule has 1 fully saturated rings. The Kier molecular flexibility index (Phi) is 4.27. The van der Waals surface area contributed by atoms with E-state index in [1.54, 1.807) is 24.1 Å². The van der Waals surface area contributed by atoms with E-state index < -0.39 is 0 Å². The molecule has 2 aromatic rings. The summed E-state index contributed by atoms with van der Waals surface area (Å²) in [6.07, 6.45) is 5.35. The third kappa shape index (κ3) is 3.49. The van der Waals surface area contributed by atoms with Gasteiger partial charge in [0, 0.05) is 32.4 Å². The lowest BCUT2D eigenvalue weighted by atomic mass is 10.0. The van der Waals surface area contributed by atoms with E-state index in [4.69, 9.17) is 0 Å². The van der Waals surface area contributed by atoms with E-state index in [0.29, 0.717) is 5.69 Å². The predicted octanol–water partition coefficient (Wildman–Crippen LogP) is 1.23. The summed E-state index contributed by atoms with van der Waals surface area (Å²) in [5, 5.41) is 7.33. The molecule has 1 amide bonds. The molecular formula is C16H22N6O. The van der Waals surface area contributed by atoms with E-state index in [9.17, 15) is 4.79 Å². The first-order valence-electron chi connectivity index (χ1n) is 7.88. The van der Waals surface area contributed by atoms with Gasteiger partial charge in [0.15, 0.2) is 0 Å². The van der Waals surface area contributed by atoms with E-state index in [0.717, 1.165) is 43.1 Å². The van der Waals surface area contributed by atoms with E-state index in [-0.39, 0.29) is 11.9 Å². The molecule has 0 saturated carbocycles. The Hall–Kier alpha value is -2.44. The van der Waals surface area contributed by atoms with Gasteiger partial charge in [0.25, 0.3) is 5.91 Å². The average molecular weight is 314 g/mol. The molecular weight excluding hydrogens is 292 g/mol. The van der Waals surface area contributed by atoms with Crippen molar-refractivity contribution in [2.75, 3.05) is 18.0 Å². The first-order valence-corrected chi connectivity index (χ1v) is 7.88. The number of hydrogen-bond donors (Lipinski definition) is 1. The van der Waals surface area contributed by atoms with Crippen LogP contribution in [0, 0.1) is 13.8 Å². The van der Waals surface area contributed by atoms with Crippen molar-refractivity contribution < 1.29 is 4.79 Å². The van der Waals surface area contributed by atoms with Crippen molar-refractivity contribution in [3.05, 3.63) is 35.5 Å². The van der Waals surface area contributed by atoms with Gasteiger partial charge in [0.05, 0.1) is 17.6 Å². The molecule has 7 nitrogen and oxygen atoms in total. The maximum Gasteiger partial charge on any atom is 0.269 e. The minimum Gasteiger partial charge on any atom is -0.355 e. The van der Waals surface area contributed by atoms with Crippen LogP contribution in [0.15, 0.2) is 18.5 Å². The molecule has 1 N–H and O–H groups in total. The van der Waals surface area contributed by atoms with Crippen molar-refractivity contribution in [2.24, 2.45) is 7.05 Å². The number of nitrogens with zero attached hydrogens (tertiary/aromatic N) is 5. The van der Waals surface area contributed by atoms with Gasteiger partial charge in [-0.2, -0.15) is 5.10 Å². The minimum atomic E-state index is -0.0538. The van der Waals surface area contributed by atoms with Crippen LogP contribution in [-0.2, 0) is 7.05 Å². The summed E-state index contributed by atoms with van der Waals surface area (Å²) in [5.41, 5.74) is 2.38. The van der Waals surface area contributed by atoms with Crippen molar-refractivity contribution in [1.82, 2.24) is 25.1 Å². The van der Waals surface area contributed by atoms with Gasteiger partial charge >= 0.3 is 0 Å². The zero-order chi connectivity index (χ0) is 16.4. The highest BCUT2D eigenvalue weighted by atomic mass is 16.2. The Balaban J connectivity index is 1.57. The maximum atomic E-state index is 12.3. The molecule has 2 aromatic heterocycles. The molecule has 1 aliphatic heterocycles. The fraction of sp³-hybridized carbons (Fsp3) is 0.500. The topological polar surface area (TPSA) is 75.9 Å². The summed E-state index contributed by atoms with van der Waals surface area (Å²) >= 11 is 0. The second kappa shape index (κ2) is 6.36. The number of amides is 1. The highest BCUT2D eigenvalue weighted by Crippen LogP contribution is 2.17. The van der Waals surface area contributed by atoms with Crippen LogP contribution in [0.3, 0.4) is 0 Å². The number of nitrogens with one attached hydrogen (secondary N) is 1. The van der Waals surface area contributed by atoms with Crippen LogP contribution in [0.4, 0.5) is 5.82 Å². The molecule has 0 atom stereocenters. The lowest BCUT2D eigenvalue weighted by molar-refractivity contribution is 0.0921. The molecule has 0 aromatic carbocycles. The lowest BCUT2D eigenvalue weighted by Crippen LogP contribution is -2.45.